The van der Waals surface area contributed by atoms with Gasteiger partial charge in [-0.05, 0) is 12.1 Å². The molecule has 0 saturated carbocycles. The predicted molar refractivity (Wildman–Crippen MR) is 52.4 cm³/mol. The lowest BCUT2D eigenvalue weighted by Crippen LogP contribution is -2.00. The van der Waals surface area contributed by atoms with E-state index in [9.17, 15) is 0 Å². The third kappa shape index (κ3) is 1.75. The van der Waals surface area contributed by atoms with Gasteiger partial charge in [0.25, 0.3) is 0 Å². The van der Waals surface area contributed by atoms with Crippen molar-refractivity contribution >= 4 is 5.52 Å². The van der Waals surface area contributed by atoms with Gasteiger partial charge in [-0.2, -0.15) is 10.4 Å². The molecule has 2 aromatic heterocycles. The van der Waals surface area contributed by atoms with Crippen molar-refractivity contribution in [2.45, 2.75) is 0 Å². The second kappa shape index (κ2) is 3.98. The van der Waals surface area contributed by atoms with Gasteiger partial charge in [0.15, 0.2) is 6.79 Å². The van der Waals surface area contributed by atoms with Gasteiger partial charge in [-0.15, -0.1) is 0 Å². The number of rotatable bonds is 3. The van der Waals surface area contributed by atoms with Crippen molar-refractivity contribution < 1.29 is 9.47 Å². The van der Waals surface area contributed by atoms with E-state index in [4.69, 9.17) is 14.7 Å². The first kappa shape index (κ1) is 9.49. The van der Waals surface area contributed by atoms with E-state index < -0.39 is 0 Å². The fourth-order valence-corrected chi connectivity index (χ4v) is 1.26. The van der Waals surface area contributed by atoms with Gasteiger partial charge >= 0.3 is 0 Å². The van der Waals surface area contributed by atoms with E-state index in [-0.39, 0.29) is 6.79 Å². The van der Waals surface area contributed by atoms with Crippen molar-refractivity contribution in [1.82, 2.24) is 9.61 Å². The molecule has 0 saturated heterocycles. The third-order valence-corrected chi connectivity index (χ3v) is 1.95. The van der Waals surface area contributed by atoms with Crippen molar-refractivity contribution in [2.24, 2.45) is 0 Å². The van der Waals surface area contributed by atoms with Crippen LogP contribution in [0.1, 0.15) is 5.56 Å². The Morgan fingerprint density at radius 2 is 2.40 bits per heavy atom. The van der Waals surface area contributed by atoms with Crippen LogP contribution in [0, 0.1) is 11.3 Å². The van der Waals surface area contributed by atoms with Crippen LogP contribution in [0.15, 0.2) is 24.5 Å². The predicted octanol–water partition coefficient (Wildman–Crippen LogP) is 1.19. The molecule has 2 rings (SSSR count). The highest BCUT2D eigenvalue weighted by molar-refractivity contribution is 5.60. The van der Waals surface area contributed by atoms with Crippen molar-refractivity contribution in [2.75, 3.05) is 13.9 Å². The van der Waals surface area contributed by atoms with Crippen LogP contribution in [0.3, 0.4) is 0 Å². The molecular formula is C10H9N3O2. The number of nitrogens with zero attached hydrogens (tertiary/aromatic N) is 3. The van der Waals surface area contributed by atoms with Gasteiger partial charge in [0.05, 0.1) is 23.5 Å². The van der Waals surface area contributed by atoms with Crippen LogP contribution in [0.25, 0.3) is 5.52 Å². The van der Waals surface area contributed by atoms with Crippen LogP contribution < -0.4 is 4.74 Å². The molecule has 2 aromatic rings. The molecule has 76 valence electrons. The molecule has 0 amide bonds. The van der Waals surface area contributed by atoms with Gasteiger partial charge in [0, 0.05) is 7.11 Å². The number of aromatic nitrogens is 2. The number of pyridine rings is 1. The fraction of sp³-hybridized carbons (Fsp3) is 0.200. The maximum absolute atomic E-state index is 8.78. The van der Waals surface area contributed by atoms with Crippen LogP contribution in [0.4, 0.5) is 0 Å². The minimum absolute atomic E-state index is 0.192. The van der Waals surface area contributed by atoms with E-state index in [0.29, 0.717) is 11.3 Å². The van der Waals surface area contributed by atoms with Crippen LogP contribution in [-0.4, -0.2) is 23.5 Å². The first-order valence-electron chi connectivity index (χ1n) is 4.34. The molecule has 0 radical (unpaired) electrons. The molecule has 0 unspecified atom stereocenters. The maximum Gasteiger partial charge on any atom is 0.188 e. The zero-order chi connectivity index (χ0) is 10.7. The van der Waals surface area contributed by atoms with Gasteiger partial charge < -0.3 is 9.47 Å². The lowest BCUT2D eigenvalue weighted by Gasteiger charge is -2.04. The number of ether oxygens (including phenoxy) is 2. The highest BCUT2D eigenvalue weighted by Crippen LogP contribution is 2.15. The van der Waals surface area contributed by atoms with Gasteiger partial charge in [-0.3, -0.25) is 0 Å². The summed E-state index contributed by atoms with van der Waals surface area (Å²) in [5.41, 5.74) is 1.32. The summed E-state index contributed by atoms with van der Waals surface area (Å²) >= 11 is 0. The summed E-state index contributed by atoms with van der Waals surface area (Å²) in [4.78, 5) is 0. The molecule has 0 aliphatic carbocycles. The van der Waals surface area contributed by atoms with Gasteiger partial charge in [-0.1, -0.05) is 0 Å². The Balaban J connectivity index is 2.36. The van der Waals surface area contributed by atoms with E-state index in [1.165, 1.54) is 6.20 Å². The van der Waals surface area contributed by atoms with Crippen molar-refractivity contribution in [3.63, 3.8) is 0 Å². The summed E-state index contributed by atoms with van der Waals surface area (Å²) in [6.45, 7) is 0.192. The maximum atomic E-state index is 8.78. The zero-order valence-corrected chi connectivity index (χ0v) is 8.17. The molecule has 2 heterocycles. The largest absolute Gasteiger partial charge is 0.466 e. The average Bonchev–Trinajstić information content (AvgIpc) is 2.68. The third-order valence-electron chi connectivity index (χ3n) is 1.95. The van der Waals surface area contributed by atoms with Crippen molar-refractivity contribution in [3.05, 3.63) is 30.1 Å². The van der Waals surface area contributed by atoms with Crippen molar-refractivity contribution in [1.29, 1.82) is 5.26 Å². The Kier molecular flexibility index (Phi) is 2.52. The topological polar surface area (TPSA) is 59.5 Å². The molecule has 0 spiro atoms. The number of hydrogen-bond acceptors (Lipinski definition) is 4. The second-order valence-electron chi connectivity index (χ2n) is 2.92. The highest BCUT2D eigenvalue weighted by atomic mass is 16.7. The Hall–Kier alpha value is -2.06. The standard InChI is InChI=1S/C10H9N3O2/c1-14-7-15-9-2-3-10-8(4-11)5-12-13(10)6-9/h2-3,5-6H,7H2,1H3. The normalized spacial score (nSPS) is 10.1. The van der Waals surface area contributed by atoms with E-state index in [0.717, 1.165) is 5.52 Å². The number of methoxy groups -OCH3 is 1. The summed E-state index contributed by atoms with van der Waals surface area (Å²) in [6.07, 6.45) is 3.23. The number of nitriles is 1. The minimum atomic E-state index is 0.192. The van der Waals surface area contributed by atoms with E-state index in [1.807, 2.05) is 0 Å². The number of hydrogen-bond donors (Lipinski definition) is 0. The quantitative estimate of drug-likeness (QED) is 0.703. The van der Waals surface area contributed by atoms with Crippen LogP contribution >= 0.6 is 0 Å². The first-order chi connectivity index (χ1) is 7.35. The molecule has 0 atom stereocenters. The lowest BCUT2D eigenvalue weighted by atomic mass is 10.3. The first-order valence-corrected chi connectivity index (χ1v) is 4.34. The summed E-state index contributed by atoms with van der Waals surface area (Å²) < 4.78 is 11.6. The summed E-state index contributed by atoms with van der Waals surface area (Å²) in [7, 11) is 1.56. The summed E-state index contributed by atoms with van der Waals surface area (Å²) in [5.74, 6) is 0.650. The SMILES string of the molecule is COCOc1ccc2c(C#N)cnn2c1. The molecule has 5 heteroatoms. The Labute approximate surface area is 86.5 Å². The smallest absolute Gasteiger partial charge is 0.188 e. The second-order valence-corrected chi connectivity index (χ2v) is 2.92. The molecule has 0 aromatic carbocycles. The molecule has 5 nitrogen and oxygen atoms in total. The Morgan fingerprint density at radius 1 is 1.53 bits per heavy atom. The lowest BCUT2D eigenvalue weighted by molar-refractivity contribution is 0.0507. The van der Waals surface area contributed by atoms with Gasteiger partial charge in [-0.25, -0.2) is 4.52 Å². The molecular weight excluding hydrogens is 194 g/mol. The number of fused-ring (bicyclic) bond motifs is 1. The van der Waals surface area contributed by atoms with Gasteiger partial charge in [0.1, 0.15) is 11.8 Å². The monoisotopic (exact) mass is 203 g/mol. The molecule has 0 bridgehead atoms. The average molecular weight is 203 g/mol. The van der Waals surface area contributed by atoms with E-state index >= 15 is 0 Å². The van der Waals surface area contributed by atoms with Crippen LogP contribution in [0.5, 0.6) is 5.75 Å². The van der Waals surface area contributed by atoms with Crippen LogP contribution in [0.2, 0.25) is 0 Å². The molecule has 0 aliphatic rings. The Bertz CT molecular complexity index is 513. The van der Waals surface area contributed by atoms with Crippen LogP contribution in [-0.2, 0) is 4.74 Å². The van der Waals surface area contributed by atoms with E-state index in [1.54, 1.807) is 30.0 Å². The minimum Gasteiger partial charge on any atom is -0.466 e. The highest BCUT2D eigenvalue weighted by Gasteiger charge is 2.03. The fourth-order valence-electron chi connectivity index (χ4n) is 1.26. The summed E-state index contributed by atoms with van der Waals surface area (Å²) in [6, 6.07) is 5.63. The molecule has 0 aliphatic heterocycles. The molecule has 15 heavy (non-hydrogen) atoms. The summed E-state index contributed by atoms with van der Waals surface area (Å²) in [5, 5.41) is 12.8. The molecule has 0 N–H and O–H groups in total. The zero-order valence-electron chi connectivity index (χ0n) is 8.17. The molecule has 0 fully saturated rings. The van der Waals surface area contributed by atoms with Crippen molar-refractivity contribution in [3.8, 4) is 11.8 Å². The van der Waals surface area contributed by atoms with Gasteiger partial charge in [0.2, 0.25) is 0 Å². The van der Waals surface area contributed by atoms with E-state index in [2.05, 4.69) is 11.2 Å². The Morgan fingerprint density at radius 3 is 3.13 bits per heavy atom.